The predicted molar refractivity (Wildman–Crippen MR) is 67.5 cm³/mol. The molecule has 1 aromatic carbocycles. The molecule has 1 aromatic rings. The van der Waals surface area contributed by atoms with E-state index in [2.05, 4.69) is 10.6 Å². The largest absolute Gasteiger partial charge is 0.335 e. The molecule has 0 aliphatic heterocycles. The Balaban J connectivity index is 2.06. The number of hydrogen-bond acceptors (Lipinski definition) is 3. The van der Waals surface area contributed by atoms with Crippen LogP contribution < -0.4 is 10.6 Å². The van der Waals surface area contributed by atoms with Gasteiger partial charge in [-0.05, 0) is 18.9 Å². The average molecular weight is 267 g/mol. The standard InChI is InChI=1S/C12H14FN3O3/c13-8-5-6-11(16(18)19)10(7-8)15-12(17)14-9-3-1-2-4-9/h5-7,9H,1-4H2,(H2,14,15,17). The molecule has 0 bridgehead atoms. The zero-order valence-electron chi connectivity index (χ0n) is 10.2. The molecule has 0 saturated heterocycles. The third kappa shape index (κ3) is 3.40. The Labute approximate surface area is 109 Å². The molecule has 102 valence electrons. The van der Waals surface area contributed by atoms with Crippen LogP contribution in [0, 0.1) is 15.9 Å². The molecule has 0 unspecified atom stereocenters. The van der Waals surface area contributed by atoms with E-state index in [9.17, 15) is 19.3 Å². The van der Waals surface area contributed by atoms with Gasteiger partial charge in [-0.1, -0.05) is 12.8 Å². The van der Waals surface area contributed by atoms with Crippen LogP contribution >= 0.6 is 0 Å². The lowest BCUT2D eigenvalue weighted by molar-refractivity contribution is -0.384. The molecule has 6 nitrogen and oxygen atoms in total. The summed E-state index contributed by atoms with van der Waals surface area (Å²) in [5, 5.41) is 15.8. The van der Waals surface area contributed by atoms with E-state index in [0.717, 1.165) is 43.9 Å². The number of nitro benzene ring substituents is 1. The first-order chi connectivity index (χ1) is 9.06. The Kier molecular flexibility index (Phi) is 3.94. The molecule has 1 aliphatic carbocycles. The summed E-state index contributed by atoms with van der Waals surface area (Å²) >= 11 is 0. The van der Waals surface area contributed by atoms with Gasteiger partial charge in [-0.3, -0.25) is 10.1 Å². The van der Waals surface area contributed by atoms with Crippen LogP contribution in [0.1, 0.15) is 25.7 Å². The van der Waals surface area contributed by atoms with Crippen molar-refractivity contribution in [1.29, 1.82) is 0 Å². The zero-order valence-corrected chi connectivity index (χ0v) is 10.2. The number of amides is 2. The highest BCUT2D eigenvalue weighted by Gasteiger charge is 2.20. The number of rotatable bonds is 3. The molecule has 1 aliphatic rings. The number of nitrogens with one attached hydrogen (secondary N) is 2. The zero-order chi connectivity index (χ0) is 13.8. The van der Waals surface area contributed by atoms with E-state index in [-0.39, 0.29) is 17.4 Å². The first kappa shape index (κ1) is 13.3. The van der Waals surface area contributed by atoms with Gasteiger partial charge in [0.2, 0.25) is 0 Å². The molecule has 0 aromatic heterocycles. The quantitative estimate of drug-likeness (QED) is 0.652. The molecule has 1 saturated carbocycles. The van der Waals surface area contributed by atoms with E-state index >= 15 is 0 Å². The Hall–Kier alpha value is -2.18. The molecule has 0 heterocycles. The van der Waals surface area contributed by atoms with Crippen LogP contribution in [0.3, 0.4) is 0 Å². The Bertz CT molecular complexity index is 501. The van der Waals surface area contributed by atoms with Gasteiger partial charge in [0.25, 0.3) is 5.69 Å². The fourth-order valence-electron chi connectivity index (χ4n) is 2.18. The summed E-state index contributed by atoms with van der Waals surface area (Å²) in [5.41, 5.74) is -0.469. The summed E-state index contributed by atoms with van der Waals surface area (Å²) in [4.78, 5) is 21.8. The maximum atomic E-state index is 13.1. The van der Waals surface area contributed by atoms with E-state index in [0.29, 0.717) is 0 Å². The molecule has 2 N–H and O–H groups in total. The molecular weight excluding hydrogens is 253 g/mol. The predicted octanol–water partition coefficient (Wildman–Crippen LogP) is 2.80. The SMILES string of the molecule is O=C(Nc1cc(F)ccc1[N+](=O)[O-])NC1CCCC1. The number of urea groups is 1. The minimum atomic E-state index is -0.662. The number of anilines is 1. The fraction of sp³-hybridized carbons (Fsp3) is 0.417. The molecule has 2 rings (SSSR count). The van der Waals surface area contributed by atoms with Crippen LogP contribution in [0.5, 0.6) is 0 Å². The van der Waals surface area contributed by atoms with Crippen molar-refractivity contribution in [2.75, 3.05) is 5.32 Å². The van der Waals surface area contributed by atoms with Gasteiger partial charge in [0.1, 0.15) is 11.5 Å². The van der Waals surface area contributed by atoms with E-state index in [4.69, 9.17) is 0 Å². The second kappa shape index (κ2) is 5.64. The third-order valence-electron chi connectivity index (χ3n) is 3.09. The third-order valence-corrected chi connectivity index (χ3v) is 3.09. The summed E-state index contributed by atoms with van der Waals surface area (Å²) < 4.78 is 13.1. The van der Waals surface area contributed by atoms with Gasteiger partial charge in [0.15, 0.2) is 0 Å². The van der Waals surface area contributed by atoms with Crippen molar-refractivity contribution in [3.8, 4) is 0 Å². The number of nitro groups is 1. The van der Waals surface area contributed by atoms with Gasteiger partial charge in [-0.2, -0.15) is 0 Å². The molecule has 2 amide bonds. The molecule has 19 heavy (non-hydrogen) atoms. The Morgan fingerprint density at radius 1 is 1.37 bits per heavy atom. The topological polar surface area (TPSA) is 84.3 Å². The lowest BCUT2D eigenvalue weighted by Gasteiger charge is -2.13. The van der Waals surface area contributed by atoms with Crippen molar-refractivity contribution in [3.63, 3.8) is 0 Å². The van der Waals surface area contributed by atoms with Crippen LogP contribution in [-0.4, -0.2) is 17.0 Å². The minimum Gasteiger partial charge on any atom is -0.335 e. The average Bonchev–Trinajstić information content (AvgIpc) is 2.81. The Morgan fingerprint density at radius 2 is 2.05 bits per heavy atom. The number of benzene rings is 1. The fourth-order valence-corrected chi connectivity index (χ4v) is 2.18. The normalized spacial score (nSPS) is 15.2. The highest BCUT2D eigenvalue weighted by molar-refractivity contribution is 5.91. The lowest BCUT2D eigenvalue weighted by Crippen LogP contribution is -2.36. The number of hydrogen-bond donors (Lipinski definition) is 2. The smallest absolute Gasteiger partial charge is 0.319 e. The summed E-state index contributed by atoms with van der Waals surface area (Å²) in [6.07, 6.45) is 3.92. The van der Waals surface area contributed by atoms with Gasteiger partial charge in [-0.25, -0.2) is 9.18 Å². The van der Waals surface area contributed by atoms with Crippen molar-refractivity contribution in [2.24, 2.45) is 0 Å². The molecule has 0 radical (unpaired) electrons. The molecular formula is C12H14FN3O3. The summed E-state index contributed by atoms with van der Waals surface area (Å²) in [5.74, 6) is -0.637. The van der Waals surface area contributed by atoms with Gasteiger partial charge < -0.3 is 10.6 Å². The van der Waals surface area contributed by atoms with E-state index in [1.807, 2.05) is 0 Å². The number of carbonyl (C=O) groups is 1. The molecule has 1 fully saturated rings. The van der Waals surface area contributed by atoms with Crippen molar-refractivity contribution in [3.05, 3.63) is 34.1 Å². The summed E-state index contributed by atoms with van der Waals surface area (Å²) in [7, 11) is 0. The summed E-state index contributed by atoms with van der Waals surface area (Å²) in [6, 6.07) is 2.50. The van der Waals surface area contributed by atoms with E-state index < -0.39 is 16.8 Å². The monoisotopic (exact) mass is 267 g/mol. The van der Waals surface area contributed by atoms with Gasteiger partial charge >= 0.3 is 6.03 Å². The maximum Gasteiger partial charge on any atom is 0.319 e. The van der Waals surface area contributed by atoms with Crippen LogP contribution in [0.25, 0.3) is 0 Å². The Morgan fingerprint density at radius 3 is 2.68 bits per heavy atom. The number of halogens is 1. The van der Waals surface area contributed by atoms with E-state index in [1.54, 1.807) is 0 Å². The minimum absolute atomic E-state index is 0.0904. The van der Waals surface area contributed by atoms with Crippen LogP contribution in [0.15, 0.2) is 18.2 Å². The second-order valence-corrected chi connectivity index (χ2v) is 4.50. The van der Waals surface area contributed by atoms with Crippen molar-refractivity contribution in [1.82, 2.24) is 5.32 Å². The van der Waals surface area contributed by atoms with Gasteiger partial charge in [0.05, 0.1) is 4.92 Å². The van der Waals surface area contributed by atoms with Crippen molar-refractivity contribution >= 4 is 17.4 Å². The van der Waals surface area contributed by atoms with Gasteiger partial charge in [0, 0.05) is 18.2 Å². The highest BCUT2D eigenvalue weighted by atomic mass is 19.1. The molecule has 7 heteroatoms. The number of carbonyl (C=O) groups excluding carboxylic acids is 1. The first-order valence-electron chi connectivity index (χ1n) is 6.08. The molecule has 0 spiro atoms. The van der Waals surface area contributed by atoms with Crippen LogP contribution in [0.2, 0.25) is 0 Å². The highest BCUT2D eigenvalue weighted by Crippen LogP contribution is 2.25. The summed E-state index contributed by atoms with van der Waals surface area (Å²) in [6.45, 7) is 0. The van der Waals surface area contributed by atoms with E-state index in [1.165, 1.54) is 0 Å². The van der Waals surface area contributed by atoms with Crippen molar-refractivity contribution < 1.29 is 14.1 Å². The molecule has 0 atom stereocenters. The first-order valence-corrected chi connectivity index (χ1v) is 6.08. The number of nitrogens with zero attached hydrogens (tertiary/aromatic N) is 1. The lowest BCUT2D eigenvalue weighted by atomic mass is 10.2. The second-order valence-electron chi connectivity index (χ2n) is 4.50. The maximum absolute atomic E-state index is 13.1. The van der Waals surface area contributed by atoms with Gasteiger partial charge in [-0.15, -0.1) is 0 Å². The van der Waals surface area contributed by atoms with Crippen LogP contribution in [0.4, 0.5) is 20.6 Å². The van der Waals surface area contributed by atoms with Crippen molar-refractivity contribution in [2.45, 2.75) is 31.7 Å². The van der Waals surface area contributed by atoms with Crippen LogP contribution in [-0.2, 0) is 0 Å².